The van der Waals surface area contributed by atoms with Gasteiger partial charge in [-0.1, -0.05) is 20.3 Å². The quantitative estimate of drug-likeness (QED) is 0.413. The molecule has 0 rings (SSSR count). The molecule has 0 aromatic rings. The van der Waals surface area contributed by atoms with Gasteiger partial charge in [-0.15, -0.1) is 0 Å². The number of hydrogen-bond acceptors (Lipinski definition) is 0. The molecule has 0 unspecified atom stereocenters. The van der Waals surface area contributed by atoms with Gasteiger partial charge in [0.25, 0.3) is 23.7 Å². The first-order chi connectivity index (χ1) is 9.24. The molecule has 0 aliphatic heterocycles. The van der Waals surface area contributed by atoms with Crippen molar-refractivity contribution in [3.05, 3.63) is 0 Å². The van der Waals surface area contributed by atoms with Crippen molar-refractivity contribution in [1.29, 1.82) is 0 Å². The lowest BCUT2D eigenvalue weighted by molar-refractivity contribution is -0.180. The third kappa shape index (κ3) is 9.14. The fourth-order valence-corrected chi connectivity index (χ4v) is 1.91. The van der Waals surface area contributed by atoms with Crippen molar-refractivity contribution in [2.24, 2.45) is 0 Å². The zero-order valence-electron chi connectivity index (χ0n) is 12.0. The van der Waals surface area contributed by atoms with Crippen LogP contribution in [0.25, 0.3) is 0 Å². The maximum Gasteiger partial charge on any atom is 0.259 e. The summed E-state index contributed by atoms with van der Waals surface area (Å²) in [7, 11) is 0. The van der Waals surface area contributed by atoms with Gasteiger partial charge in [0.05, 0.1) is 19.3 Å². The van der Waals surface area contributed by atoms with Crippen molar-refractivity contribution in [3.8, 4) is 0 Å². The van der Waals surface area contributed by atoms with Crippen molar-refractivity contribution in [2.75, 3.05) is 0 Å². The Morgan fingerprint density at radius 1 is 0.571 bits per heavy atom. The third-order valence-electron chi connectivity index (χ3n) is 2.97. The molecule has 0 aromatic carbocycles. The van der Waals surface area contributed by atoms with Crippen molar-refractivity contribution in [1.82, 2.24) is 0 Å². The van der Waals surface area contributed by atoms with Crippen LogP contribution in [-0.2, 0) is 0 Å². The van der Waals surface area contributed by atoms with E-state index in [1.54, 1.807) is 6.92 Å². The first kappa shape index (κ1) is 20.4. The lowest BCUT2D eigenvalue weighted by Gasteiger charge is -2.28. The van der Waals surface area contributed by atoms with Crippen LogP contribution >= 0.6 is 0 Å². The Balaban J connectivity index is 4.71. The summed E-state index contributed by atoms with van der Waals surface area (Å²) >= 11 is 0. The second kappa shape index (κ2) is 7.13. The van der Waals surface area contributed by atoms with Crippen LogP contribution in [-0.4, -0.2) is 23.7 Å². The molecule has 8 heteroatoms. The Labute approximate surface area is 118 Å². The van der Waals surface area contributed by atoms with E-state index in [-0.39, 0.29) is 6.42 Å². The van der Waals surface area contributed by atoms with Crippen molar-refractivity contribution >= 4 is 0 Å². The molecule has 0 saturated heterocycles. The molecule has 0 aliphatic rings. The Morgan fingerprint density at radius 3 is 1.33 bits per heavy atom. The summed E-state index contributed by atoms with van der Waals surface area (Å²) in [6, 6.07) is 0. The van der Waals surface area contributed by atoms with Gasteiger partial charge >= 0.3 is 0 Å². The van der Waals surface area contributed by atoms with Crippen LogP contribution in [0.3, 0.4) is 0 Å². The molecule has 0 heterocycles. The van der Waals surface area contributed by atoms with Gasteiger partial charge in [0.1, 0.15) is 0 Å². The monoisotopic (exact) mass is 328 g/mol. The fraction of sp³-hybridized carbons (Fsp3) is 1.00. The van der Waals surface area contributed by atoms with Crippen LogP contribution in [0.5, 0.6) is 0 Å². The van der Waals surface area contributed by atoms with Crippen LogP contribution in [0.2, 0.25) is 0 Å². The van der Waals surface area contributed by atoms with Crippen LogP contribution in [0.4, 0.5) is 35.1 Å². The maximum atomic E-state index is 13.3. The zero-order chi connectivity index (χ0) is 16.9. The van der Waals surface area contributed by atoms with E-state index in [9.17, 15) is 35.1 Å². The number of alkyl halides is 8. The highest BCUT2D eigenvalue weighted by atomic mass is 19.3. The van der Waals surface area contributed by atoms with E-state index >= 15 is 0 Å². The summed E-state index contributed by atoms with van der Waals surface area (Å²) in [5.74, 6) is -16.4. The minimum atomic E-state index is -4.40. The normalized spacial score (nSPS) is 14.6. The number of unbranched alkanes of at least 4 members (excludes halogenated alkanes) is 1. The number of halogens is 8. The predicted octanol–water partition coefficient (Wildman–Crippen LogP) is 6.30. The van der Waals surface area contributed by atoms with Crippen LogP contribution < -0.4 is 0 Å². The highest BCUT2D eigenvalue weighted by Gasteiger charge is 2.52. The molecule has 0 bridgehead atoms. The standard InChI is InChI=1S/C13H20F8/c1-3-5-6-11(16,17)8-13(20,21)9-12(18,19)7-10(14,15)4-2/h3-9H2,1-2H3. The summed E-state index contributed by atoms with van der Waals surface area (Å²) in [6.07, 6.45) is -7.85. The number of rotatable bonds is 10. The van der Waals surface area contributed by atoms with E-state index < -0.39 is 55.8 Å². The lowest BCUT2D eigenvalue weighted by atomic mass is 9.96. The topological polar surface area (TPSA) is 0 Å². The van der Waals surface area contributed by atoms with E-state index in [1.807, 2.05) is 0 Å². The predicted molar refractivity (Wildman–Crippen MR) is 63.5 cm³/mol. The molecule has 128 valence electrons. The summed E-state index contributed by atoms with van der Waals surface area (Å²) in [5.41, 5.74) is 0. The largest absolute Gasteiger partial charge is 0.259 e. The molecule has 0 atom stereocenters. The van der Waals surface area contributed by atoms with Gasteiger partial charge in [-0.3, -0.25) is 0 Å². The minimum absolute atomic E-state index is 0.0205. The molecular formula is C13H20F8. The van der Waals surface area contributed by atoms with Gasteiger partial charge < -0.3 is 0 Å². The van der Waals surface area contributed by atoms with Gasteiger partial charge in [-0.25, -0.2) is 35.1 Å². The first-order valence-corrected chi connectivity index (χ1v) is 6.75. The molecule has 21 heavy (non-hydrogen) atoms. The van der Waals surface area contributed by atoms with Crippen LogP contribution in [0.15, 0.2) is 0 Å². The Morgan fingerprint density at radius 2 is 0.952 bits per heavy atom. The molecular weight excluding hydrogens is 308 g/mol. The average Bonchev–Trinajstić information content (AvgIpc) is 2.21. The van der Waals surface area contributed by atoms with Crippen LogP contribution in [0.1, 0.15) is 58.8 Å². The molecule has 0 spiro atoms. The maximum absolute atomic E-state index is 13.3. The highest BCUT2D eigenvalue weighted by Crippen LogP contribution is 2.43. The van der Waals surface area contributed by atoms with Crippen molar-refractivity contribution in [2.45, 2.75) is 82.5 Å². The van der Waals surface area contributed by atoms with Gasteiger partial charge in [-0.2, -0.15) is 0 Å². The van der Waals surface area contributed by atoms with Gasteiger partial charge in [0.2, 0.25) is 0 Å². The van der Waals surface area contributed by atoms with E-state index in [4.69, 9.17) is 0 Å². The van der Waals surface area contributed by atoms with Gasteiger partial charge in [-0.05, 0) is 6.42 Å². The molecule has 0 fully saturated rings. The van der Waals surface area contributed by atoms with Gasteiger partial charge in [0.15, 0.2) is 0 Å². The Bertz CT molecular complexity index is 311. The van der Waals surface area contributed by atoms with E-state index in [0.29, 0.717) is 6.42 Å². The molecule has 0 aromatic heterocycles. The highest BCUT2D eigenvalue weighted by molar-refractivity contribution is 4.86. The summed E-state index contributed by atoms with van der Waals surface area (Å²) in [4.78, 5) is 0. The molecule has 0 nitrogen and oxygen atoms in total. The second-order valence-electron chi connectivity index (χ2n) is 5.41. The fourth-order valence-electron chi connectivity index (χ4n) is 1.91. The molecule has 0 radical (unpaired) electrons. The summed E-state index contributed by atoms with van der Waals surface area (Å²) in [5, 5.41) is 0. The minimum Gasteiger partial charge on any atom is -0.207 e. The van der Waals surface area contributed by atoms with Crippen molar-refractivity contribution in [3.63, 3.8) is 0 Å². The van der Waals surface area contributed by atoms with Crippen molar-refractivity contribution < 1.29 is 35.1 Å². The zero-order valence-corrected chi connectivity index (χ0v) is 12.0. The Hall–Kier alpha value is -0.560. The smallest absolute Gasteiger partial charge is 0.207 e. The van der Waals surface area contributed by atoms with E-state index in [2.05, 4.69) is 0 Å². The number of hydrogen-bond donors (Lipinski definition) is 0. The average molecular weight is 328 g/mol. The SMILES string of the molecule is CCCCC(F)(F)CC(F)(F)CC(F)(F)CC(F)(F)CC. The lowest BCUT2D eigenvalue weighted by Crippen LogP contribution is -2.38. The molecule has 0 amide bonds. The molecule has 0 saturated carbocycles. The molecule has 0 N–H and O–H groups in total. The molecule has 0 aliphatic carbocycles. The summed E-state index contributed by atoms with van der Waals surface area (Å²) < 4.78 is 105. The Kier molecular flexibility index (Phi) is 6.94. The summed E-state index contributed by atoms with van der Waals surface area (Å²) in [6.45, 7) is 2.52. The second-order valence-corrected chi connectivity index (χ2v) is 5.41. The van der Waals surface area contributed by atoms with Gasteiger partial charge in [0, 0.05) is 12.8 Å². The first-order valence-electron chi connectivity index (χ1n) is 6.75. The van der Waals surface area contributed by atoms with E-state index in [1.165, 1.54) is 0 Å². The third-order valence-corrected chi connectivity index (χ3v) is 2.97. The van der Waals surface area contributed by atoms with E-state index in [0.717, 1.165) is 6.92 Å². The van der Waals surface area contributed by atoms with Crippen LogP contribution in [0, 0.1) is 0 Å².